The van der Waals surface area contributed by atoms with Crippen LogP contribution in [-0.2, 0) is 0 Å². The van der Waals surface area contributed by atoms with Gasteiger partial charge in [0.2, 0.25) is 0 Å². The molecule has 1 aromatic carbocycles. The van der Waals surface area contributed by atoms with Crippen molar-refractivity contribution in [3.05, 3.63) is 32.4 Å². The molecule has 2 nitrogen and oxygen atoms in total. The molecule has 0 aliphatic heterocycles. The molecule has 1 aromatic rings. The molecule has 0 aromatic heterocycles. The lowest BCUT2D eigenvalue weighted by atomic mass is 10.1. The Bertz CT molecular complexity index is 349. The van der Waals surface area contributed by atoms with E-state index >= 15 is 0 Å². The van der Waals surface area contributed by atoms with Crippen molar-refractivity contribution in [1.82, 2.24) is 4.90 Å². The fourth-order valence-corrected chi connectivity index (χ4v) is 1.64. The Balaban J connectivity index is 3.19. The van der Waals surface area contributed by atoms with Crippen LogP contribution in [0.2, 0.25) is 0 Å². The van der Waals surface area contributed by atoms with Gasteiger partial charge in [-0.3, -0.25) is 4.79 Å². The quantitative estimate of drug-likeness (QED) is 0.730. The van der Waals surface area contributed by atoms with Gasteiger partial charge in [-0.25, -0.2) is 0 Å². The van der Waals surface area contributed by atoms with Gasteiger partial charge in [0.25, 0.3) is 5.91 Å². The lowest BCUT2D eigenvalue weighted by molar-refractivity contribution is 0.0827. The monoisotopic (exact) mass is 303 g/mol. The molecule has 0 fully saturated rings. The fourth-order valence-electron chi connectivity index (χ4n) is 1.33. The van der Waals surface area contributed by atoms with Gasteiger partial charge < -0.3 is 4.90 Å². The number of carbonyl (C=O) groups is 1. The van der Waals surface area contributed by atoms with Gasteiger partial charge in [0.15, 0.2) is 0 Å². The Morgan fingerprint density at radius 3 is 2.00 bits per heavy atom. The minimum absolute atomic E-state index is 0.0626. The standard InChI is InChI=1S/C11H14INO/c1-7-5-9(11(14)13(3)4)6-8(2)10(7)12/h5-6H,1-4H3. The number of aryl methyl sites for hydroxylation is 2. The van der Waals surface area contributed by atoms with Crippen molar-refractivity contribution in [2.45, 2.75) is 13.8 Å². The van der Waals surface area contributed by atoms with Crippen LogP contribution in [0.1, 0.15) is 21.5 Å². The third kappa shape index (κ3) is 2.26. The van der Waals surface area contributed by atoms with E-state index in [1.807, 2.05) is 26.0 Å². The maximum atomic E-state index is 11.7. The van der Waals surface area contributed by atoms with Crippen LogP contribution in [0, 0.1) is 17.4 Å². The summed E-state index contributed by atoms with van der Waals surface area (Å²) in [7, 11) is 3.54. The number of carbonyl (C=O) groups excluding carboxylic acids is 1. The summed E-state index contributed by atoms with van der Waals surface area (Å²) < 4.78 is 1.23. The van der Waals surface area contributed by atoms with E-state index in [-0.39, 0.29) is 5.91 Å². The topological polar surface area (TPSA) is 20.3 Å². The van der Waals surface area contributed by atoms with Gasteiger partial charge in [-0.15, -0.1) is 0 Å². The van der Waals surface area contributed by atoms with Crippen molar-refractivity contribution >= 4 is 28.5 Å². The van der Waals surface area contributed by atoms with E-state index in [0.29, 0.717) is 0 Å². The van der Waals surface area contributed by atoms with Crippen molar-refractivity contribution in [2.24, 2.45) is 0 Å². The van der Waals surface area contributed by atoms with E-state index in [1.165, 1.54) is 3.57 Å². The number of nitrogens with zero attached hydrogens (tertiary/aromatic N) is 1. The highest BCUT2D eigenvalue weighted by Gasteiger charge is 2.10. The molecule has 3 heteroatoms. The highest BCUT2D eigenvalue weighted by atomic mass is 127. The Hall–Kier alpha value is -0.580. The van der Waals surface area contributed by atoms with Gasteiger partial charge in [0.1, 0.15) is 0 Å². The molecule has 76 valence electrons. The molecule has 0 aliphatic carbocycles. The Morgan fingerprint density at radius 2 is 1.64 bits per heavy atom. The summed E-state index contributed by atoms with van der Waals surface area (Å²) in [5.74, 6) is 0.0626. The van der Waals surface area contributed by atoms with Gasteiger partial charge in [0.05, 0.1) is 0 Å². The molecule has 0 aliphatic rings. The average molecular weight is 303 g/mol. The summed E-state index contributed by atoms with van der Waals surface area (Å²) in [5, 5.41) is 0. The van der Waals surface area contributed by atoms with Crippen molar-refractivity contribution in [3.63, 3.8) is 0 Å². The minimum Gasteiger partial charge on any atom is -0.345 e. The molecule has 0 saturated carbocycles. The number of benzene rings is 1. The van der Waals surface area contributed by atoms with E-state index in [1.54, 1.807) is 19.0 Å². The second-order valence-corrected chi connectivity index (χ2v) is 4.70. The Kier molecular flexibility index (Phi) is 3.53. The fraction of sp³-hybridized carbons (Fsp3) is 0.364. The molecule has 0 atom stereocenters. The number of rotatable bonds is 1. The van der Waals surface area contributed by atoms with E-state index in [2.05, 4.69) is 22.6 Å². The van der Waals surface area contributed by atoms with Crippen molar-refractivity contribution in [2.75, 3.05) is 14.1 Å². The zero-order chi connectivity index (χ0) is 10.9. The minimum atomic E-state index is 0.0626. The highest BCUT2D eigenvalue weighted by Crippen LogP contribution is 2.19. The van der Waals surface area contributed by atoms with Gasteiger partial charge in [0, 0.05) is 23.2 Å². The zero-order valence-electron chi connectivity index (χ0n) is 8.89. The summed E-state index contributed by atoms with van der Waals surface area (Å²) in [5.41, 5.74) is 3.09. The predicted molar refractivity (Wildman–Crippen MR) is 66.7 cm³/mol. The normalized spacial score (nSPS) is 10.1. The van der Waals surface area contributed by atoms with E-state index in [0.717, 1.165) is 16.7 Å². The SMILES string of the molecule is Cc1cc(C(=O)N(C)C)cc(C)c1I. The molecule has 0 heterocycles. The summed E-state index contributed by atoms with van der Waals surface area (Å²) in [4.78, 5) is 13.3. The maximum Gasteiger partial charge on any atom is 0.253 e. The third-order valence-corrected chi connectivity index (χ3v) is 3.79. The van der Waals surface area contributed by atoms with E-state index < -0.39 is 0 Å². The molecule has 14 heavy (non-hydrogen) atoms. The number of hydrogen-bond donors (Lipinski definition) is 0. The van der Waals surface area contributed by atoms with Crippen molar-refractivity contribution in [3.8, 4) is 0 Å². The molecule has 0 radical (unpaired) electrons. The first-order valence-electron chi connectivity index (χ1n) is 4.42. The van der Waals surface area contributed by atoms with Crippen LogP contribution in [0.5, 0.6) is 0 Å². The first kappa shape index (κ1) is 11.5. The van der Waals surface area contributed by atoms with Crippen molar-refractivity contribution in [1.29, 1.82) is 0 Å². The van der Waals surface area contributed by atoms with Crippen LogP contribution in [-0.4, -0.2) is 24.9 Å². The molecule has 1 rings (SSSR count). The maximum absolute atomic E-state index is 11.7. The lowest BCUT2D eigenvalue weighted by Crippen LogP contribution is -2.21. The predicted octanol–water partition coefficient (Wildman–Crippen LogP) is 2.61. The summed E-state index contributed by atoms with van der Waals surface area (Å²) >= 11 is 2.30. The van der Waals surface area contributed by atoms with E-state index in [4.69, 9.17) is 0 Å². The smallest absolute Gasteiger partial charge is 0.253 e. The van der Waals surface area contributed by atoms with Crippen LogP contribution >= 0.6 is 22.6 Å². The summed E-state index contributed by atoms with van der Waals surface area (Å²) in [6.45, 7) is 4.06. The van der Waals surface area contributed by atoms with Crippen LogP contribution in [0.3, 0.4) is 0 Å². The largest absolute Gasteiger partial charge is 0.345 e. The second-order valence-electron chi connectivity index (χ2n) is 3.62. The molecule has 0 saturated heterocycles. The molecular weight excluding hydrogens is 289 g/mol. The van der Waals surface area contributed by atoms with Gasteiger partial charge >= 0.3 is 0 Å². The highest BCUT2D eigenvalue weighted by molar-refractivity contribution is 14.1. The molecule has 0 bridgehead atoms. The van der Waals surface area contributed by atoms with E-state index in [9.17, 15) is 4.79 Å². The van der Waals surface area contributed by atoms with Crippen LogP contribution in [0.4, 0.5) is 0 Å². The summed E-state index contributed by atoms with van der Waals surface area (Å²) in [6, 6.07) is 3.88. The van der Waals surface area contributed by atoms with Gasteiger partial charge in [-0.2, -0.15) is 0 Å². The number of amides is 1. The average Bonchev–Trinajstić information content (AvgIpc) is 2.12. The van der Waals surface area contributed by atoms with Crippen LogP contribution < -0.4 is 0 Å². The lowest BCUT2D eigenvalue weighted by Gasteiger charge is -2.12. The van der Waals surface area contributed by atoms with Crippen molar-refractivity contribution < 1.29 is 4.79 Å². The van der Waals surface area contributed by atoms with Crippen LogP contribution in [0.15, 0.2) is 12.1 Å². The van der Waals surface area contributed by atoms with Gasteiger partial charge in [-0.05, 0) is 59.7 Å². The molecule has 1 amide bonds. The molecule has 0 unspecified atom stereocenters. The molecular formula is C11H14INO. The number of hydrogen-bond acceptors (Lipinski definition) is 1. The first-order chi connectivity index (χ1) is 6.43. The Morgan fingerprint density at radius 1 is 1.21 bits per heavy atom. The number of halogens is 1. The first-order valence-corrected chi connectivity index (χ1v) is 5.49. The second kappa shape index (κ2) is 4.29. The molecule has 0 spiro atoms. The van der Waals surface area contributed by atoms with Crippen LogP contribution in [0.25, 0.3) is 0 Å². The third-order valence-electron chi connectivity index (χ3n) is 2.09. The zero-order valence-corrected chi connectivity index (χ0v) is 11.0. The van der Waals surface area contributed by atoms with Gasteiger partial charge in [-0.1, -0.05) is 0 Å². The summed E-state index contributed by atoms with van der Waals surface area (Å²) in [6.07, 6.45) is 0. The molecule has 0 N–H and O–H groups in total. The Labute approximate surface area is 98.4 Å².